The van der Waals surface area contributed by atoms with Crippen LogP contribution in [0.5, 0.6) is 0 Å². The molecular formula is C17H13ClN2. The molecule has 0 amide bonds. The van der Waals surface area contributed by atoms with Crippen LogP contribution in [0.25, 0.3) is 11.3 Å². The molecular weight excluding hydrogens is 268 g/mol. The molecule has 0 bridgehead atoms. The van der Waals surface area contributed by atoms with Gasteiger partial charge in [-0.3, -0.25) is 0 Å². The normalized spacial score (nSPS) is 10.4. The maximum Gasteiger partial charge on any atom is 0.155 e. The van der Waals surface area contributed by atoms with Crippen molar-refractivity contribution in [2.45, 2.75) is 6.42 Å². The summed E-state index contributed by atoms with van der Waals surface area (Å²) >= 11 is 6.16. The molecule has 2 aromatic carbocycles. The van der Waals surface area contributed by atoms with Crippen molar-refractivity contribution in [3.8, 4) is 11.3 Å². The van der Waals surface area contributed by atoms with Crippen molar-refractivity contribution in [2.24, 2.45) is 0 Å². The summed E-state index contributed by atoms with van der Waals surface area (Å²) in [6.45, 7) is 0. The van der Waals surface area contributed by atoms with Crippen LogP contribution < -0.4 is 0 Å². The van der Waals surface area contributed by atoms with Crippen molar-refractivity contribution < 1.29 is 0 Å². The first-order valence-electron chi connectivity index (χ1n) is 6.44. The summed E-state index contributed by atoms with van der Waals surface area (Å²) in [4.78, 5) is 0. The van der Waals surface area contributed by atoms with E-state index in [1.165, 1.54) is 5.56 Å². The quantitative estimate of drug-likeness (QED) is 0.711. The number of hydrogen-bond donors (Lipinski definition) is 0. The highest BCUT2D eigenvalue weighted by atomic mass is 35.5. The van der Waals surface area contributed by atoms with Gasteiger partial charge in [0.2, 0.25) is 0 Å². The number of rotatable bonds is 3. The Balaban J connectivity index is 1.95. The van der Waals surface area contributed by atoms with Crippen LogP contribution in [-0.2, 0) is 6.42 Å². The average molecular weight is 281 g/mol. The molecule has 0 saturated carbocycles. The number of nitrogens with zero attached hydrogens (tertiary/aromatic N) is 2. The lowest BCUT2D eigenvalue weighted by Crippen LogP contribution is -1.96. The molecule has 0 N–H and O–H groups in total. The lowest BCUT2D eigenvalue weighted by Gasteiger charge is -2.06. The van der Waals surface area contributed by atoms with Crippen LogP contribution in [0.4, 0.5) is 0 Å². The molecule has 0 unspecified atom stereocenters. The molecule has 3 aromatic rings. The second-order valence-electron chi connectivity index (χ2n) is 4.57. The van der Waals surface area contributed by atoms with E-state index in [0.29, 0.717) is 5.15 Å². The number of hydrogen-bond acceptors (Lipinski definition) is 2. The fraction of sp³-hybridized carbons (Fsp3) is 0.0588. The molecule has 3 rings (SSSR count). The van der Waals surface area contributed by atoms with Crippen LogP contribution >= 0.6 is 11.6 Å². The van der Waals surface area contributed by atoms with E-state index < -0.39 is 0 Å². The molecule has 98 valence electrons. The minimum atomic E-state index is 0.466. The van der Waals surface area contributed by atoms with Gasteiger partial charge in [-0.05, 0) is 17.2 Å². The van der Waals surface area contributed by atoms with Crippen molar-refractivity contribution in [2.75, 3.05) is 0 Å². The molecule has 0 radical (unpaired) electrons. The summed E-state index contributed by atoms with van der Waals surface area (Å²) in [6, 6.07) is 22.2. The molecule has 1 heterocycles. The Morgan fingerprint density at radius 1 is 0.800 bits per heavy atom. The Morgan fingerprint density at radius 3 is 2.15 bits per heavy atom. The number of benzene rings is 2. The maximum atomic E-state index is 6.16. The minimum Gasteiger partial charge on any atom is -0.149 e. The van der Waals surface area contributed by atoms with E-state index in [1.807, 2.05) is 54.6 Å². The van der Waals surface area contributed by atoms with Gasteiger partial charge in [-0.25, -0.2) is 0 Å². The molecule has 0 fully saturated rings. The molecule has 1 aromatic heterocycles. The topological polar surface area (TPSA) is 25.8 Å². The second-order valence-corrected chi connectivity index (χ2v) is 4.93. The largest absolute Gasteiger partial charge is 0.155 e. The van der Waals surface area contributed by atoms with Crippen LogP contribution in [0.2, 0.25) is 5.15 Å². The Labute approximate surface area is 123 Å². The zero-order valence-corrected chi connectivity index (χ0v) is 11.6. The van der Waals surface area contributed by atoms with Gasteiger partial charge in [0.1, 0.15) is 0 Å². The minimum absolute atomic E-state index is 0.466. The molecule has 20 heavy (non-hydrogen) atoms. The first-order chi connectivity index (χ1) is 9.83. The molecule has 0 aliphatic heterocycles. The molecule has 3 heteroatoms. The van der Waals surface area contributed by atoms with Crippen molar-refractivity contribution in [3.63, 3.8) is 0 Å². The van der Waals surface area contributed by atoms with Crippen LogP contribution in [0.1, 0.15) is 11.1 Å². The predicted molar refractivity (Wildman–Crippen MR) is 81.7 cm³/mol. The highest BCUT2D eigenvalue weighted by Gasteiger charge is 2.07. The van der Waals surface area contributed by atoms with E-state index in [4.69, 9.17) is 11.6 Å². The fourth-order valence-electron chi connectivity index (χ4n) is 2.11. The summed E-state index contributed by atoms with van der Waals surface area (Å²) in [5, 5.41) is 8.70. The molecule has 0 atom stereocenters. The van der Waals surface area contributed by atoms with E-state index in [-0.39, 0.29) is 0 Å². The first-order valence-corrected chi connectivity index (χ1v) is 6.82. The average Bonchev–Trinajstić information content (AvgIpc) is 2.51. The van der Waals surface area contributed by atoms with Crippen LogP contribution in [0, 0.1) is 0 Å². The Hall–Kier alpha value is -2.19. The van der Waals surface area contributed by atoms with Crippen LogP contribution in [0.3, 0.4) is 0 Å². The Kier molecular flexibility index (Phi) is 3.75. The zero-order chi connectivity index (χ0) is 13.8. The third-order valence-electron chi connectivity index (χ3n) is 3.13. The summed E-state index contributed by atoms with van der Waals surface area (Å²) in [7, 11) is 0. The third-order valence-corrected chi connectivity index (χ3v) is 3.45. The van der Waals surface area contributed by atoms with E-state index in [2.05, 4.69) is 22.3 Å². The molecule has 0 aliphatic carbocycles. The fourth-order valence-corrected chi connectivity index (χ4v) is 2.26. The molecule has 0 aliphatic rings. The highest BCUT2D eigenvalue weighted by molar-refractivity contribution is 6.30. The summed E-state index contributed by atoms with van der Waals surface area (Å²) in [5.74, 6) is 0. The molecule has 0 spiro atoms. The lowest BCUT2D eigenvalue weighted by molar-refractivity contribution is 1.00. The van der Waals surface area contributed by atoms with Gasteiger partial charge in [-0.1, -0.05) is 72.3 Å². The van der Waals surface area contributed by atoms with Crippen molar-refractivity contribution in [1.29, 1.82) is 0 Å². The smallest absolute Gasteiger partial charge is 0.149 e. The van der Waals surface area contributed by atoms with Gasteiger partial charge in [0, 0.05) is 12.0 Å². The zero-order valence-electron chi connectivity index (χ0n) is 10.8. The molecule has 2 nitrogen and oxygen atoms in total. The maximum absolute atomic E-state index is 6.16. The SMILES string of the molecule is Clc1nnc(-c2ccccc2)cc1Cc1ccccc1. The highest BCUT2D eigenvalue weighted by Crippen LogP contribution is 2.22. The van der Waals surface area contributed by atoms with E-state index in [0.717, 1.165) is 23.2 Å². The number of aromatic nitrogens is 2. The third kappa shape index (κ3) is 2.86. The van der Waals surface area contributed by atoms with Gasteiger partial charge in [-0.15, -0.1) is 10.2 Å². The summed E-state index contributed by atoms with van der Waals surface area (Å²) in [6.07, 6.45) is 0.759. The van der Waals surface area contributed by atoms with Crippen LogP contribution in [0.15, 0.2) is 66.7 Å². The summed E-state index contributed by atoms with van der Waals surface area (Å²) < 4.78 is 0. The van der Waals surface area contributed by atoms with Crippen molar-refractivity contribution in [1.82, 2.24) is 10.2 Å². The Morgan fingerprint density at radius 2 is 1.45 bits per heavy atom. The van der Waals surface area contributed by atoms with Gasteiger partial charge >= 0.3 is 0 Å². The first kappa shape index (κ1) is 12.8. The Bertz CT molecular complexity index is 697. The van der Waals surface area contributed by atoms with Gasteiger partial charge in [0.05, 0.1) is 5.69 Å². The number of halogens is 1. The van der Waals surface area contributed by atoms with Crippen molar-refractivity contribution in [3.05, 3.63) is 83.0 Å². The van der Waals surface area contributed by atoms with Crippen LogP contribution in [-0.4, -0.2) is 10.2 Å². The van der Waals surface area contributed by atoms with E-state index in [9.17, 15) is 0 Å². The van der Waals surface area contributed by atoms with E-state index >= 15 is 0 Å². The predicted octanol–water partition coefficient (Wildman–Crippen LogP) is 4.39. The van der Waals surface area contributed by atoms with Gasteiger partial charge < -0.3 is 0 Å². The van der Waals surface area contributed by atoms with Gasteiger partial charge in [0.15, 0.2) is 5.15 Å². The van der Waals surface area contributed by atoms with E-state index in [1.54, 1.807) is 0 Å². The monoisotopic (exact) mass is 280 g/mol. The van der Waals surface area contributed by atoms with Crippen molar-refractivity contribution >= 4 is 11.6 Å². The second kappa shape index (κ2) is 5.85. The summed E-state index contributed by atoms with van der Waals surface area (Å²) in [5.41, 5.74) is 4.10. The van der Waals surface area contributed by atoms with Gasteiger partial charge in [0.25, 0.3) is 0 Å². The molecule has 0 saturated heterocycles. The lowest BCUT2D eigenvalue weighted by atomic mass is 10.0. The standard InChI is InChI=1S/C17H13ClN2/c18-17-15(11-13-7-3-1-4-8-13)12-16(19-20-17)14-9-5-2-6-10-14/h1-10,12H,11H2. The van der Waals surface area contributed by atoms with Gasteiger partial charge in [-0.2, -0.15) is 0 Å².